The van der Waals surface area contributed by atoms with E-state index in [0.717, 1.165) is 0 Å². The van der Waals surface area contributed by atoms with Crippen LogP contribution in [0.15, 0.2) is 18.2 Å². The number of aliphatic hydroxyl groups excluding tert-OH is 2. The first-order valence-corrected chi connectivity index (χ1v) is 16.7. The third-order valence-electron chi connectivity index (χ3n) is 9.60. The largest absolute Gasteiger partial charge is 0.507 e. The number of carbonyl (C=O) groups is 5. The van der Waals surface area contributed by atoms with E-state index in [1.807, 2.05) is 0 Å². The first-order valence-electron chi connectivity index (χ1n) is 16.7. The second-order valence-corrected chi connectivity index (χ2v) is 13.2. The summed E-state index contributed by atoms with van der Waals surface area (Å²) in [4.78, 5) is 63.6. The normalized spacial score (nSPS) is 24.2. The number of fused-ring (bicyclic) bond motifs is 3. The van der Waals surface area contributed by atoms with E-state index in [1.165, 1.54) is 46.1 Å². The number of Topliss-reactive ketones (excluding diaryl/α,β-unsaturated/α-hetero) is 1. The van der Waals surface area contributed by atoms with Crippen molar-refractivity contribution in [1.82, 2.24) is 5.32 Å². The molecular weight excluding hydrogens is 670 g/mol. The lowest BCUT2D eigenvalue weighted by molar-refractivity contribution is -0.246. The number of benzene rings is 2. The molecule has 5 rings (SSSR count). The van der Waals surface area contributed by atoms with Gasteiger partial charge in [0.25, 0.3) is 5.79 Å². The van der Waals surface area contributed by atoms with E-state index in [9.17, 15) is 44.4 Å². The van der Waals surface area contributed by atoms with Crippen LogP contribution in [0.25, 0.3) is 0 Å². The molecule has 0 bridgehead atoms. The number of phenols is 2. The standard InChI is InChI=1S/C36H43NO14/c1-16-31(42)22(37-11-7-10-36(4,50-17(2)39)51-18(3)40)14-26(48-16)49-25-13-19(23(41)15-38)12-21-28(25)35(46)30-29(33(21)44)32(43)20-8-6-9-24(47-5)27(20)34(30)45/h6,8-9,16,19,22,25-26,31,37-38,42,44,46H,7,10-15H2,1-5H3. The number of aromatic hydroxyl groups is 2. The van der Waals surface area contributed by atoms with Crippen molar-refractivity contribution in [2.45, 2.75) is 96.2 Å². The average Bonchev–Trinajstić information content (AvgIpc) is 3.07. The summed E-state index contributed by atoms with van der Waals surface area (Å²) in [5, 5.41) is 47.2. The van der Waals surface area contributed by atoms with Gasteiger partial charge < -0.3 is 49.4 Å². The lowest BCUT2D eigenvalue weighted by Crippen LogP contribution is -2.54. The third-order valence-corrected chi connectivity index (χ3v) is 9.60. The van der Waals surface area contributed by atoms with Crippen molar-refractivity contribution < 1.29 is 68.1 Å². The highest BCUT2D eigenvalue weighted by Gasteiger charge is 2.45. The Morgan fingerprint density at radius 3 is 2.29 bits per heavy atom. The molecule has 1 aliphatic heterocycles. The van der Waals surface area contributed by atoms with Gasteiger partial charge in [-0.1, -0.05) is 12.1 Å². The molecule has 5 N–H and O–H groups in total. The molecule has 1 heterocycles. The summed E-state index contributed by atoms with van der Waals surface area (Å²) in [6.07, 6.45) is -3.47. The minimum atomic E-state index is -1.48. The molecule has 0 aromatic heterocycles. The fourth-order valence-electron chi connectivity index (χ4n) is 7.33. The van der Waals surface area contributed by atoms with E-state index in [4.69, 9.17) is 23.7 Å². The minimum Gasteiger partial charge on any atom is -0.507 e. The van der Waals surface area contributed by atoms with Crippen LogP contribution >= 0.6 is 0 Å². The Kier molecular flexibility index (Phi) is 11.2. The van der Waals surface area contributed by atoms with E-state index in [2.05, 4.69) is 5.32 Å². The number of ether oxygens (including phenoxy) is 5. The first kappa shape index (κ1) is 37.8. The quantitative estimate of drug-likeness (QED) is 0.0785. The molecule has 1 saturated heterocycles. The van der Waals surface area contributed by atoms with Crippen molar-refractivity contribution in [3.63, 3.8) is 0 Å². The smallest absolute Gasteiger partial charge is 0.305 e. The van der Waals surface area contributed by atoms with Crippen LogP contribution in [-0.4, -0.2) is 100 Å². The maximum absolute atomic E-state index is 13.9. The monoisotopic (exact) mass is 713 g/mol. The van der Waals surface area contributed by atoms with Gasteiger partial charge in [-0.05, 0) is 38.8 Å². The van der Waals surface area contributed by atoms with Crippen molar-refractivity contribution in [3.8, 4) is 17.2 Å². The number of hydrogen-bond donors (Lipinski definition) is 5. The van der Waals surface area contributed by atoms with E-state index in [-0.39, 0.29) is 53.7 Å². The zero-order chi connectivity index (χ0) is 37.4. The topological polar surface area (TPSA) is 224 Å². The number of carbonyl (C=O) groups excluding carboxylic acids is 5. The van der Waals surface area contributed by atoms with Crippen LogP contribution in [0.5, 0.6) is 17.2 Å². The predicted molar refractivity (Wildman–Crippen MR) is 175 cm³/mol. The molecule has 6 atom stereocenters. The van der Waals surface area contributed by atoms with Crippen LogP contribution in [0.2, 0.25) is 0 Å². The van der Waals surface area contributed by atoms with Crippen molar-refractivity contribution >= 4 is 29.3 Å². The van der Waals surface area contributed by atoms with Crippen molar-refractivity contribution in [2.24, 2.45) is 5.92 Å². The van der Waals surface area contributed by atoms with E-state index < -0.39 is 101 Å². The molecule has 0 spiro atoms. The molecule has 15 nitrogen and oxygen atoms in total. The average molecular weight is 714 g/mol. The lowest BCUT2D eigenvalue weighted by atomic mass is 9.73. The molecule has 51 heavy (non-hydrogen) atoms. The van der Waals surface area contributed by atoms with Gasteiger partial charge in [-0.25, -0.2) is 0 Å². The third kappa shape index (κ3) is 7.48. The molecule has 2 aliphatic carbocycles. The van der Waals surface area contributed by atoms with Gasteiger partial charge in [-0.2, -0.15) is 0 Å². The summed E-state index contributed by atoms with van der Waals surface area (Å²) in [5.74, 6) is -6.64. The maximum Gasteiger partial charge on any atom is 0.305 e. The molecule has 3 aliphatic rings. The summed E-state index contributed by atoms with van der Waals surface area (Å²) in [5.41, 5.74) is -0.865. The first-order chi connectivity index (χ1) is 24.1. The Morgan fingerprint density at radius 2 is 1.67 bits per heavy atom. The number of nitrogens with one attached hydrogen (secondary N) is 1. The van der Waals surface area contributed by atoms with Crippen LogP contribution in [0.4, 0.5) is 0 Å². The molecule has 0 radical (unpaired) electrons. The molecule has 6 unspecified atom stereocenters. The van der Waals surface area contributed by atoms with Crippen LogP contribution in [0.1, 0.15) is 102 Å². The minimum absolute atomic E-state index is 0.00912. The summed E-state index contributed by atoms with van der Waals surface area (Å²) in [6.45, 7) is 5.03. The summed E-state index contributed by atoms with van der Waals surface area (Å²) >= 11 is 0. The van der Waals surface area contributed by atoms with Gasteiger partial charge in [0.1, 0.15) is 23.9 Å². The van der Waals surface area contributed by atoms with Gasteiger partial charge in [0, 0.05) is 62.3 Å². The van der Waals surface area contributed by atoms with Gasteiger partial charge in [-0.3, -0.25) is 24.0 Å². The number of rotatable bonds is 12. The Hall–Kier alpha value is -4.41. The number of phenolic OH excluding ortho intramolecular Hbond substituents is 2. The zero-order valence-electron chi connectivity index (χ0n) is 29.0. The fraction of sp³-hybridized carbons (Fsp3) is 0.528. The van der Waals surface area contributed by atoms with E-state index >= 15 is 0 Å². The summed E-state index contributed by atoms with van der Waals surface area (Å²) < 4.78 is 28.1. The number of hydrogen-bond acceptors (Lipinski definition) is 15. The van der Waals surface area contributed by atoms with Crippen molar-refractivity contribution in [2.75, 3.05) is 20.3 Å². The Bertz CT molecular complexity index is 1720. The Balaban J connectivity index is 1.42. The second kappa shape index (κ2) is 15.1. The van der Waals surface area contributed by atoms with Gasteiger partial charge in [0.15, 0.2) is 17.9 Å². The van der Waals surface area contributed by atoms with Crippen molar-refractivity contribution in [3.05, 3.63) is 51.6 Å². The van der Waals surface area contributed by atoms with Crippen LogP contribution < -0.4 is 10.1 Å². The molecule has 2 aromatic carbocycles. The van der Waals surface area contributed by atoms with Crippen LogP contribution in [0.3, 0.4) is 0 Å². The molecule has 15 heteroatoms. The number of aliphatic hydroxyl groups is 2. The van der Waals surface area contributed by atoms with Gasteiger partial charge in [-0.15, -0.1) is 0 Å². The van der Waals surface area contributed by atoms with Crippen molar-refractivity contribution in [1.29, 1.82) is 0 Å². The van der Waals surface area contributed by atoms with Gasteiger partial charge in [0.2, 0.25) is 5.78 Å². The predicted octanol–water partition coefficient (Wildman–Crippen LogP) is 2.14. The second-order valence-electron chi connectivity index (χ2n) is 13.2. The number of esters is 2. The van der Waals surface area contributed by atoms with Crippen LogP contribution in [0, 0.1) is 5.92 Å². The molecule has 1 fully saturated rings. The highest BCUT2D eigenvalue weighted by atomic mass is 16.7. The highest BCUT2D eigenvalue weighted by Crippen LogP contribution is 2.51. The molecule has 0 amide bonds. The number of methoxy groups -OCH3 is 1. The zero-order valence-corrected chi connectivity index (χ0v) is 29.0. The Labute approximate surface area is 293 Å². The SMILES string of the molecule is COc1cccc2c1C(=O)c1c(O)c3c(c(O)c1C2=O)CC(C(=O)CO)CC3OC1CC(NCCCC(C)(OC(C)=O)OC(C)=O)C(O)C(C)O1. The summed E-state index contributed by atoms with van der Waals surface area (Å²) in [7, 11) is 1.34. The maximum atomic E-state index is 13.9. The van der Waals surface area contributed by atoms with E-state index in [1.54, 1.807) is 6.92 Å². The fourth-order valence-corrected chi connectivity index (χ4v) is 7.33. The Morgan fingerprint density at radius 1 is 1.00 bits per heavy atom. The van der Waals surface area contributed by atoms with Gasteiger partial charge >= 0.3 is 11.9 Å². The number of ketones is 3. The molecule has 2 aromatic rings. The van der Waals surface area contributed by atoms with E-state index in [0.29, 0.717) is 13.0 Å². The molecule has 0 saturated carbocycles. The lowest BCUT2D eigenvalue weighted by Gasteiger charge is -2.41. The molecule has 276 valence electrons. The molecular formula is C36H43NO14. The van der Waals surface area contributed by atoms with Crippen LogP contribution in [-0.2, 0) is 39.8 Å². The summed E-state index contributed by atoms with van der Waals surface area (Å²) in [6, 6.07) is 3.86. The van der Waals surface area contributed by atoms with Gasteiger partial charge in [0.05, 0.1) is 42.1 Å². The highest BCUT2D eigenvalue weighted by molar-refractivity contribution is 6.31.